The van der Waals surface area contributed by atoms with E-state index in [1.165, 1.54) is 16.8 Å². The van der Waals surface area contributed by atoms with E-state index in [0.29, 0.717) is 12.8 Å². The molecule has 2 amide bonds. The molecule has 1 saturated heterocycles. The number of hydrogen-bond acceptors (Lipinski definition) is 8. The molecule has 0 spiro atoms. The Bertz CT molecular complexity index is 754. The highest BCUT2D eigenvalue weighted by Crippen LogP contribution is 2.33. The molecule has 29 heavy (non-hydrogen) atoms. The van der Waals surface area contributed by atoms with Crippen molar-refractivity contribution in [3.8, 4) is 0 Å². The molecule has 1 aromatic heterocycles. The van der Waals surface area contributed by atoms with E-state index in [2.05, 4.69) is 10.3 Å². The van der Waals surface area contributed by atoms with Crippen LogP contribution in [0.2, 0.25) is 0 Å². The number of aromatic nitrogens is 2. The maximum atomic E-state index is 12.3. The van der Waals surface area contributed by atoms with Gasteiger partial charge in [0.2, 0.25) is 11.8 Å². The lowest BCUT2D eigenvalue weighted by atomic mass is 10.0. The minimum Gasteiger partial charge on any atom is -0.394 e. The number of anilines is 1. The van der Waals surface area contributed by atoms with Gasteiger partial charge in [-0.3, -0.25) is 19.4 Å². The lowest BCUT2D eigenvalue weighted by Gasteiger charge is -2.18. The molecule has 1 aliphatic heterocycles. The number of hydrogen-bond donors (Lipinski definition) is 5. The van der Waals surface area contributed by atoms with Gasteiger partial charge in [-0.15, -0.1) is 0 Å². The Morgan fingerprint density at radius 3 is 2.41 bits per heavy atom. The summed E-state index contributed by atoms with van der Waals surface area (Å²) in [7, 11) is 0. The highest BCUT2D eigenvalue weighted by molar-refractivity contribution is 5.89. The van der Waals surface area contributed by atoms with E-state index >= 15 is 0 Å². The van der Waals surface area contributed by atoms with Crippen LogP contribution in [0.1, 0.15) is 51.7 Å². The summed E-state index contributed by atoms with van der Waals surface area (Å²) in [6, 6.07) is 1.47. The van der Waals surface area contributed by atoms with Crippen molar-refractivity contribution in [1.29, 1.82) is 0 Å². The van der Waals surface area contributed by atoms with E-state index in [0.717, 1.165) is 12.8 Å². The molecule has 1 aromatic rings. The topological polar surface area (TPSA) is 163 Å². The molecule has 162 valence electrons. The third-order valence-electron chi connectivity index (χ3n) is 4.92. The van der Waals surface area contributed by atoms with Gasteiger partial charge in [-0.2, -0.15) is 4.98 Å². The number of aliphatic hydroxyl groups excluding tert-OH is 2. The van der Waals surface area contributed by atoms with Crippen LogP contribution in [-0.4, -0.2) is 55.6 Å². The Hall–Kier alpha value is -2.34. The number of aliphatic hydroxyl groups is 2. The molecule has 11 heteroatoms. The molecule has 5 N–H and O–H groups in total. The SMILES string of the molecule is CC1C(O)C(CO)OC1n1ccc(NC(=O)CCCCCCC(=O)NO)nc1=O. The molecule has 2 heterocycles. The Kier molecular flexibility index (Phi) is 8.70. The highest BCUT2D eigenvalue weighted by atomic mass is 16.5. The summed E-state index contributed by atoms with van der Waals surface area (Å²) < 4.78 is 6.75. The third kappa shape index (κ3) is 6.32. The van der Waals surface area contributed by atoms with Gasteiger partial charge in [0.1, 0.15) is 18.1 Å². The molecular formula is C18H28N4O7. The summed E-state index contributed by atoms with van der Waals surface area (Å²) in [5.41, 5.74) is 0.937. The monoisotopic (exact) mass is 412 g/mol. The van der Waals surface area contributed by atoms with Gasteiger partial charge in [0.05, 0.1) is 12.7 Å². The normalized spacial score (nSPS) is 23.7. The molecule has 0 aliphatic carbocycles. The Balaban J connectivity index is 1.81. The lowest BCUT2D eigenvalue weighted by molar-refractivity contribution is -0.129. The molecule has 0 bridgehead atoms. The van der Waals surface area contributed by atoms with Gasteiger partial charge >= 0.3 is 5.69 Å². The van der Waals surface area contributed by atoms with Gasteiger partial charge in [-0.25, -0.2) is 10.3 Å². The number of hydroxylamine groups is 1. The van der Waals surface area contributed by atoms with E-state index < -0.39 is 36.0 Å². The first-order valence-electron chi connectivity index (χ1n) is 9.63. The first-order chi connectivity index (χ1) is 13.9. The maximum absolute atomic E-state index is 12.3. The summed E-state index contributed by atoms with van der Waals surface area (Å²) in [5.74, 6) is -0.984. The second-order valence-corrected chi connectivity index (χ2v) is 7.10. The van der Waals surface area contributed by atoms with Crippen molar-refractivity contribution in [2.45, 2.75) is 63.9 Å². The average Bonchev–Trinajstić information content (AvgIpc) is 2.98. The van der Waals surface area contributed by atoms with Crippen LogP contribution in [0.4, 0.5) is 5.82 Å². The van der Waals surface area contributed by atoms with Gasteiger partial charge in [0.15, 0.2) is 0 Å². The second kappa shape index (κ2) is 11.0. The summed E-state index contributed by atoms with van der Waals surface area (Å²) in [5, 5.41) is 30.2. The standard InChI is InChI=1S/C18H28N4O7/c1-11-16(26)12(10-23)29-17(11)22-9-8-13(20-18(22)27)19-14(24)6-4-2-3-5-7-15(25)21-28/h8-9,11-12,16-17,23,26,28H,2-7,10H2,1H3,(H,21,25)(H,19,20,24,27). The zero-order valence-electron chi connectivity index (χ0n) is 16.3. The molecule has 11 nitrogen and oxygen atoms in total. The Morgan fingerprint density at radius 1 is 1.21 bits per heavy atom. The fourth-order valence-corrected chi connectivity index (χ4v) is 3.22. The zero-order valence-corrected chi connectivity index (χ0v) is 16.3. The van der Waals surface area contributed by atoms with Crippen molar-refractivity contribution in [3.63, 3.8) is 0 Å². The largest absolute Gasteiger partial charge is 0.394 e. The quantitative estimate of drug-likeness (QED) is 0.202. The summed E-state index contributed by atoms with van der Waals surface area (Å²) in [6.07, 6.45) is 2.28. The number of rotatable bonds is 10. The molecule has 1 aliphatic rings. The predicted octanol–water partition coefficient (Wildman–Crippen LogP) is -0.0855. The van der Waals surface area contributed by atoms with E-state index in [4.69, 9.17) is 9.94 Å². The number of carbonyl (C=O) groups is 2. The molecule has 1 fully saturated rings. The van der Waals surface area contributed by atoms with Crippen LogP contribution >= 0.6 is 0 Å². The Labute approximate surface area is 167 Å². The molecule has 0 aromatic carbocycles. The third-order valence-corrected chi connectivity index (χ3v) is 4.92. The van der Waals surface area contributed by atoms with Crippen molar-refractivity contribution < 1.29 is 29.7 Å². The second-order valence-electron chi connectivity index (χ2n) is 7.10. The average molecular weight is 412 g/mol. The van der Waals surface area contributed by atoms with Crippen LogP contribution < -0.4 is 16.5 Å². The van der Waals surface area contributed by atoms with Crippen LogP contribution in [-0.2, 0) is 14.3 Å². The van der Waals surface area contributed by atoms with Crippen LogP contribution in [0.25, 0.3) is 0 Å². The minimum atomic E-state index is -0.894. The number of amides is 2. The zero-order chi connectivity index (χ0) is 21.4. The van der Waals surface area contributed by atoms with Gasteiger partial charge in [0.25, 0.3) is 0 Å². The molecule has 4 unspecified atom stereocenters. The van der Waals surface area contributed by atoms with Crippen molar-refractivity contribution >= 4 is 17.6 Å². The smallest absolute Gasteiger partial charge is 0.351 e. The first kappa shape index (κ1) is 22.9. The van der Waals surface area contributed by atoms with Crippen LogP contribution in [0.3, 0.4) is 0 Å². The molecular weight excluding hydrogens is 384 g/mol. The minimum absolute atomic E-state index is 0.126. The number of ether oxygens (including phenoxy) is 1. The first-order valence-corrected chi connectivity index (χ1v) is 9.63. The number of nitrogens with one attached hydrogen (secondary N) is 2. The van der Waals surface area contributed by atoms with Gasteiger partial charge in [-0.05, 0) is 18.9 Å². The molecule has 0 saturated carbocycles. The van der Waals surface area contributed by atoms with Crippen molar-refractivity contribution in [3.05, 3.63) is 22.7 Å². The van der Waals surface area contributed by atoms with Gasteiger partial charge in [-0.1, -0.05) is 19.8 Å². The summed E-state index contributed by atoms with van der Waals surface area (Å²) in [6.45, 7) is 1.36. The van der Waals surface area contributed by atoms with Gasteiger partial charge < -0.3 is 20.3 Å². The van der Waals surface area contributed by atoms with Crippen LogP contribution in [0, 0.1) is 5.92 Å². The molecule has 0 radical (unpaired) electrons. The fourth-order valence-electron chi connectivity index (χ4n) is 3.22. The van der Waals surface area contributed by atoms with Gasteiger partial charge in [0, 0.05) is 25.0 Å². The lowest BCUT2D eigenvalue weighted by Crippen LogP contribution is -2.31. The maximum Gasteiger partial charge on any atom is 0.351 e. The van der Waals surface area contributed by atoms with Crippen molar-refractivity contribution in [2.75, 3.05) is 11.9 Å². The van der Waals surface area contributed by atoms with Crippen LogP contribution in [0.5, 0.6) is 0 Å². The highest BCUT2D eigenvalue weighted by Gasteiger charge is 2.41. The fraction of sp³-hybridized carbons (Fsp3) is 0.667. The number of carbonyl (C=O) groups excluding carboxylic acids is 2. The van der Waals surface area contributed by atoms with Crippen LogP contribution in [0.15, 0.2) is 17.1 Å². The summed E-state index contributed by atoms with van der Waals surface area (Å²) >= 11 is 0. The molecule has 2 rings (SSSR count). The van der Waals surface area contributed by atoms with E-state index in [-0.39, 0.29) is 31.2 Å². The van der Waals surface area contributed by atoms with E-state index in [1.807, 2.05) is 0 Å². The molecule has 4 atom stereocenters. The number of nitrogens with zero attached hydrogens (tertiary/aromatic N) is 2. The van der Waals surface area contributed by atoms with E-state index in [1.54, 1.807) is 12.4 Å². The number of unbranched alkanes of at least 4 members (excludes halogenated alkanes) is 3. The Morgan fingerprint density at radius 2 is 1.86 bits per heavy atom. The predicted molar refractivity (Wildman–Crippen MR) is 101 cm³/mol. The van der Waals surface area contributed by atoms with E-state index in [9.17, 15) is 24.6 Å². The summed E-state index contributed by atoms with van der Waals surface area (Å²) in [4.78, 5) is 39.0. The van der Waals surface area contributed by atoms with Crippen molar-refractivity contribution in [1.82, 2.24) is 15.0 Å². The van der Waals surface area contributed by atoms with Crippen molar-refractivity contribution in [2.24, 2.45) is 5.92 Å².